The minimum absolute atomic E-state index is 0.0231. The second-order valence-corrected chi connectivity index (χ2v) is 7.55. The maximum atomic E-state index is 13.5. The highest BCUT2D eigenvalue weighted by atomic mass is 35.5. The quantitative estimate of drug-likeness (QED) is 0.472. The van der Waals surface area contributed by atoms with E-state index in [1.807, 2.05) is 23.1 Å². The maximum Gasteiger partial charge on any atom is 0.433 e. The van der Waals surface area contributed by atoms with Gasteiger partial charge in [-0.1, -0.05) is 11.6 Å². The summed E-state index contributed by atoms with van der Waals surface area (Å²) in [5.74, 6) is 0.265. The molecule has 4 aromatic rings. The fraction of sp³-hybridized carbons (Fsp3) is 0.190. The van der Waals surface area contributed by atoms with E-state index in [9.17, 15) is 13.2 Å². The number of fused-ring (bicyclic) bond motifs is 3. The van der Waals surface area contributed by atoms with Gasteiger partial charge in [0.15, 0.2) is 11.5 Å². The molecule has 0 saturated carbocycles. The van der Waals surface area contributed by atoms with Crippen LogP contribution in [0, 0.1) is 0 Å². The van der Waals surface area contributed by atoms with Gasteiger partial charge in [0.05, 0.1) is 0 Å². The van der Waals surface area contributed by atoms with Crippen molar-refractivity contribution in [1.82, 2.24) is 19.9 Å². The van der Waals surface area contributed by atoms with Crippen molar-refractivity contribution < 1.29 is 13.2 Å². The number of nitrogens with one attached hydrogen (secondary N) is 1. The van der Waals surface area contributed by atoms with Crippen LogP contribution in [0.15, 0.2) is 48.8 Å². The Morgan fingerprint density at radius 3 is 2.60 bits per heavy atom. The highest BCUT2D eigenvalue weighted by Crippen LogP contribution is 2.35. The highest BCUT2D eigenvalue weighted by molar-refractivity contribution is 6.31. The molecule has 0 spiro atoms. The Kier molecular flexibility index (Phi) is 4.39. The Balaban J connectivity index is 1.59. The summed E-state index contributed by atoms with van der Waals surface area (Å²) in [4.78, 5) is 17.3. The normalized spacial score (nSPS) is 14.2. The van der Waals surface area contributed by atoms with Gasteiger partial charge in [0.25, 0.3) is 0 Å². The number of hydrogen-bond donors (Lipinski definition) is 1. The van der Waals surface area contributed by atoms with Crippen LogP contribution in [0.3, 0.4) is 0 Å². The molecule has 5 rings (SSSR count). The molecule has 0 fully saturated rings. The molecule has 0 bridgehead atoms. The largest absolute Gasteiger partial charge is 0.433 e. The second kappa shape index (κ2) is 6.98. The molecule has 0 unspecified atom stereocenters. The van der Waals surface area contributed by atoms with Crippen molar-refractivity contribution in [1.29, 1.82) is 0 Å². The zero-order valence-corrected chi connectivity index (χ0v) is 16.3. The lowest BCUT2D eigenvalue weighted by atomic mass is 10.0. The second-order valence-electron chi connectivity index (χ2n) is 7.11. The molecular weight excluding hydrogens is 415 g/mol. The molecule has 3 aromatic heterocycles. The molecule has 1 aliphatic rings. The maximum absolute atomic E-state index is 13.5. The van der Waals surface area contributed by atoms with Gasteiger partial charge in [0.1, 0.15) is 5.82 Å². The molecule has 5 nitrogen and oxygen atoms in total. The van der Waals surface area contributed by atoms with Gasteiger partial charge in [-0.25, -0.2) is 9.97 Å². The average molecular weight is 430 g/mol. The molecule has 0 radical (unpaired) electrons. The molecule has 4 heterocycles. The van der Waals surface area contributed by atoms with E-state index < -0.39 is 11.9 Å². The number of aromatic amines is 1. The van der Waals surface area contributed by atoms with Gasteiger partial charge in [-0.05, 0) is 30.3 Å². The Bertz CT molecular complexity index is 1240. The lowest BCUT2D eigenvalue weighted by Crippen LogP contribution is -2.31. The van der Waals surface area contributed by atoms with Crippen LogP contribution in [-0.4, -0.2) is 26.5 Å². The molecule has 0 saturated heterocycles. The Morgan fingerprint density at radius 2 is 1.83 bits per heavy atom. The number of nitrogens with zero attached hydrogens (tertiary/aromatic N) is 4. The number of pyridine rings is 1. The molecule has 1 aliphatic heterocycles. The number of benzene rings is 1. The van der Waals surface area contributed by atoms with Crippen LogP contribution in [0.4, 0.5) is 19.0 Å². The topological polar surface area (TPSA) is 57.7 Å². The minimum Gasteiger partial charge on any atom is -0.358 e. The van der Waals surface area contributed by atoms with E-state index in [0.29, 0.717) is 30.1 Å². The standard InChI is InChI=1S/C21H15ClF3N5/c22-13-1-2-16-14(9-13)15-11-30(8-5-17(15)27-16)19-10-18(21(23,24)25)28-20(29-19)12-3-6-26-7-4-12/h1-4,6-7,9-10,27H,5,8,11H2. The summed E-state index contributed by atoms with van der Waals surface area (Å²) in [5.41, 5.74) is 2.57. The van der Waals surface area contributed by atoms with Gasteiger partial charge >= 0.3 is 6.18 Å². The number of H-pyrrole nitrogens is 1. The molecule has 1 aromatic carbocycles. The van der Waals surface area contributed by atoms with Crippen LogP contribution in [0.2, 0.25) is 5.02 Å². The first-order chi connectivity index (χ1) is 14.4. The van der Waals surface area contributed by atoms with E-state index in [1.165, 1.54) is 12.4 Å². The molecular formula is C21H15ClF3N5. The third kappa shape index (κ3) is 3.37. The van der Waals surface area contributed by atoms with Crippen LogP contribution in [0.1, 0.15) is 17.0 Å². The third-order valence-corrected chi connectivity index (χ3v) is 5.44. The van der Waals surface area contributed by atoms with E-state index in [1.54, 1.807) is 12.1 Å². The van der Waals surface area contributed by atoms with Crippen molar-refractivity contribution in [2.45, 2.75) is 19.1 Å². The average Bonchev–Trinajstić information content (AvgIpc) is 3.10. The first-order valence-electron chi connectivity index (χ1n) is 9.29. The predicted molar refractivity (Wildman–Crippen MR) is 108 cm³/mol. The summed E-state index contributed by atoms with van der Waals surface area (Å²) in [6.45, 7) is 0.970. The van der Waals surface area contributed by atoms with Crippen LogP contribution < -0.4 is 4.90 Å². The van der Waals surface area contributed by atoms with Crippen LogP contribution >= 0.6 is 11.6 Å². The van der Waals surface area contributed by atoms with E-state index in [2.05, 4.69) is 19.9 Å². The molecule has 0 aliphatic carbocycles. The smallest absolute Gasteiger partial charge is 0.358 e. The Labute approximate surface area is 174 Å². The number of rotatable bonds is 2. The van der Waals surface area contributed by atoms with E-state index >= 15 is 0 Å². The summed E-state index contributed by atoms with van der Waals surface area (Å²) in [7, 11) is 0. The summed E-state index contributed by atoms with van der Waals surface area (Å²) >= 11 is 6.15. The summed E-state index contributed by atoms with van der Waals surface area (Å²) in [6.07, 6.45) is -0.907. The van der Waals surface area contributed by atoms with E-state index in [-0.39, 0.29) is 11.6 Å². The Morgan fingerprint density at radius 1 is 1.03 bits per heavy atom. The lowest BCUT2D eigenvalue weighted by Gasteiger charge is -2.29. The van der Waals surface area contributed by atoms with Crippen LogP contribution in [0.5, 0.6) is 0 Å². The van der Waals surface area contributed by atoms with E-state index in [4.69, 9.17) is 11.6 Å². The number of hydrogen-bond acceptors (Lipinski definition) is 4. The SMILES string of the molecule is FC(F)(F)c1cc(N2CCc3[nH]c4ccc(Cl)cc4c3C2)nc(-c2ccncc2)n1. The van der Waals surface area contributed by atoms with Crippen LogP contribution in [-0.2, 0) is 19.1 Å². The van der Waals surface area contributed by atoms with Gasteiger partial charge < -0.3 is 9.88 Å². The molecule has 152 valence electrons. The monoisotopic (exact) mass is 429 g/mol. The zero-order chi connectivity index (χ0) is 20.9. The lowest BCUT2D eigenvalue weighted by molar-refractivity contribution is -0.141. The molecule has 30 heavy (non-hydrogen) atoms. The number of alkyl halides is 3. The first kappa shape index (κ1) is 18.9. The van der Waals surface area contributed by atoms with E-state index in [0.717, 1.165) is 28.2 Å². The van der Waals surface area contributed by atoms with Crippen molar-refractivity contribution in [3.8, 4) is 11.4 Å². The molecule has 0 amide bonds. The molecule has 0 atom stereocenters. The van der Waals surface area contributed by atoms with Crippen molar-refractivity contribution in [3.05, 3.63) is 70.8 Å². The van der Waals surface area contributed by atoms with Gasteiger partial charge in [-0.2, -0.15) is 13.2 Å². The number of anilines is 1. The summed E-state index contributed by atoms with van der Waals surface area (Å²) < 4.78 is 40.6. The predicted octanol–water partition coefficient (Wildman–Crippen LogP) is 5.25. The summed E-state index contributed by atoms with van der Waals surface area (Å²) in [6, 6.07) is 9.79. The van der Waals surface area contributed by atoms with Gasteiger partial charge in [0, 0.05) is 70.7 Å². The highest BCUT2D eigenvalue weighted by Gasteiger charge is 2.35. The molecule has 9 heteroatoms. The third-order valence-electron chi connectivity index (χ3n) is 5.20. The minimum atomic E-state index is -4.57. The van der Waals surface area contributed by atoms with Crippen molar-refractivity contribution in [2.75, 3.05) is 11.4 Å². The van der Waals surface area contributed by atoms with Gasteiger partial charge in [-0.3, -0.25) is 4.98 Å². The summed E-state index contributed by atoms with van der Waals surface area (Å²) in [5, 5.41) is 1.59. The fourth-order valence-corrected chi connectivity index (χ4v) is 3.93. The fourth-order valence-electron chi connectivity index (χ4n) is 3.75. The molecule has 1 N–H and O–H groups in total. The van der Waals surface area contributed by atoms with Crippen molar-refractivity contribution in [2.24, 2.45) is 0 Å². The van der Waals surface area contributed by atoms with Crippen LogP contribution in [0.25, 0.3) is 22.3 Å². The van der Waals surface area contributed by atoms with Gasteiger partial charge in [-0.15, -0.1) is 0 Å². The van der Waals surface area contributed by atoms with Gasteiger partial charge in [0.2, 0.25) is 0 Å². The Hall–Kier alpha value is -3.13. The first-order valence-corrected chi connectivity index (χ1v) is 9.67. The van der Waals surface area contributed by atoms with Crippen molar-refractivity contribution in [3.63, 3.8) is 0 Å². The number of aromatic nitrogens is 4. The van der Waals surface area contributed by atoms with Crippen molar-refractivity contribution >= 4 is 28.3 Å². The zero-order valence-electron chi connectivity index (χ0n) is 15.5. The number of halogens is 4.